The van der Waals surface area contributed by atoms with Crippen LogP contribution in [-0.2, 0) is 9.59 Å². The fourth-order valence-corrected chi connectivity index (χ4v) is 3.31. The van der Waals surface area contributed by atoms with E-state index in [1.807, 2.05) is 30.0 Å². The third kappa shape index (κ3) is 8.06. The first-order valence-corrected chi connectivity index (χ1v) is 11.3. The van der Waals surface area contributed by atoms with E-state index in [2.05, 4.69) is 29.8 Å². The zero-order valence-electron chi connectivity index (χ0n) is 19.2. The van der Waals surface area contributed by atoms with E-state index >= 15 is 0 Å². The van der Waals surface area contributed by atoms with Crippen LogP contribution in [0.25, 0.3) is 0 Å². The van der Waals surface area contributed by atoms with E-state index in [-0.39, 0.29) is 24.3 Å². The van der Waals surface area contributed by atoms with Crippen molar-refractivity contribution in [2.75, 3.05) is 35.6 Å². The summed E-state index contributed by atoms with van der Waals surface area (Å²) in [6.07, 6.45) is 3.05. The van der Waals surface area contributed by atoms with E-state index in [0.29, 0.717) is 36.4 Å². The lowest BCUT2D eigenvalue weighted by Gasteiger charge is -2.21. The summed E-state index contributed by atoms with van der Waals surface area (Å²) in [7, 11) is 0. The molecule has 32 heavy (non-hydrogen) atoms. The number of anilines is 3. The molecule has 3 N–H and O–H groups in total. The highest BCUT2D eigenvalue weighted by atomic mass is 16.2. The summed E-state index contributed by atoms with van der Waals surface area (Å²) in [6, 6.07) is 14.3. The van der Waals surface area contributed by atoms with Crippen LogP contribution >= 0.6 is 0 Å². The topological polar surface area (TPSA) is 90.5 Å². The minimum absolute atomic E-state index is 0.0233. The summed E-state index contributed by atoms with van der Waals surface area (Å²) in [5.74, 6) is -0.285. The van der Waals surface area contributed by atoms with Gasteiger partial charge in [-0.3, -0.25) is 14.4 Å². The molecular formula is C25H34N4O3. The molecule has 172 valence electrons. The normalized spacial score (nSPS) is 10.3. The number of nitrogens with one attached hydrogen (secondary N) is 3. The Balaban J connectivity index is 1.94. The van der Waals surface area contributed by atoms with E-state index in [9.17, 15) is 14.4 Å². The number of nitrogens with zero attached hydrogens (tertiary/aromatic N) is 1. The van der Waals surface area contributed by atoms with Crippen LogP contribution in [0.5, 0.6) is 0 Å². The number of benzene rings is 2. The largest absolute Gasteiger partial charge is 0.376 e. The predicted molar refractivity (Wildman–Crippen MR) is 130 cm³/mol. The molecule has 2 aromatic rings. The van der Waals surface area contributed by atoms with E-state index in [4.69, 9.17) is 0 Å². The van der Waals surface area contributed by atoms with Gasteiger partial charge in [0.15, 0.2) is 0 Å². The molecule has 0 atom stereocenters. The lowest BCUT2D eigenvalue weighted by molar-refractivity contribution is -0.116. The molecule has 2 rings (SSSR count). The average Bonchev–Trinajstić information content (AvgIpc) is 2.77. The van der Waals surface area contributed by atoms with Gasteiger partial charge in [0.1, 0.15) is 0 Å². The summed E-state index contributed by atoms with van der Waals surface area (Å²) in [5, 5.41) is 8.73. The number of amides is 3. The summed E-state index contributed by atoms with van der Waals surface area (Å²) in [4.78, 5) is 38.8. The number of hydrogen-bond acceptors (Lipinski definition) is 4. The maximum atomic E-state index is 12.8. The Morgan fingerprint density at radius 2 is 1.34 bits per heavy atom. The predicted octanol–water partition coefficient (Wildman–Crippen LogP) is 4.74. The number of rotatable bonds is 12. The van der Waals surface area contributed by atoms with Crippen molar-refractivity contribution in [1.29, 1.82) is 0 Å². The van der Waals surface area contributed by atoms with Gasteiger partial charge in [0.2, 0.25) is 11.8 Å². The lowest BCUT2D eigenvalue weighted by Crippen LogP contribution is -2.32. The molecule has 0 aliphatic carbocycles. The quantitative estimate of drug-likeness (QED) is 0.446. The molecule has 0 spiro atoms. The van der Waals surface area contributed by atoms with Crippen molar-refractivity contribution in [3.63, 3.8) is 0 Å². The number of hydrogen-bond donors (Lipinski definition) is 3. The molecule has 0 fully saturated rings. The van der Waals surface area contributed by atoms with Gasteiger partial charge in [-0.1, -0.05) is 32.9 Å². The Labute approximate surface area is 190 Å². The molecule has 0 aromatic heterocycles. The van der Waals surface area contributed by atoms with Crippen molar-refractivity contribution in [2.24, 2.45) is 0 Å². The molecule has 7 heteroatoms. The molecule has 0 saturated heterocycles. The first kappa shape index (κ1) is 24.9. The van der Waals surface area contributed by atoms with Crippen molar-refractivity contribution >= 4 is 34.8 Å². The Morgan fingerprint density at radius 3 is 2.00 bits per heavy atom. The van der Waals surface area contributed by atoms with Crippen LogP contribution in [0.2, 0.25) is 0 Å². The van der Waals surface area contributed by atoms with Gasteiger partial charge in [0.05, 0.1) is 6.54 Å². The molecule has 2 aromatic carbocycles. The van der Waals surface area contributed by atoms with Crippen LogP contribution in [-0.4, -0.2) is 42.3 Å². The van der Waals surface area contributed by atoms with Crippen molar-refractivity contribution in [1.82, 2.24) is 4.90 Å². The Bertz CT molecular complexity index is 908. The third-order valence-electron chi connectivity index (χ3n) is 4.74. The van der Waals surface area contributed by atoms with Crippen LogP contribution in [0.3, 0.4) is 0 Å². The minimum Gasteiger partial charge on any atom is -0.376 e. The van der Waals surface area contributed by atoms with Gasteiger partial charge in [0.25, 0.3) is 5.91 Å². The molecule has 0 aliphatic heterocycles. The molecule has 0 heterocycles. The zero-order chi connectivity index (χ0) is 23.3. The summed E-state index contributed by atoms with van der Waals surface area (Å²) >= 11 is 0. The van der Waals surface area contributed by atoms with Gasteiger partial charge in [-0.15, -0.1) is 0 Å². The zero-order valence-corrected chi connectivity index (χ0v) is 19.2. The third-order valence-corrected chi connectivity index (χ3v) is 4.74. The molecule has 0 radical (unpaired) electrons. The second-order valence-corrected chi connectivity index (χ2v) is 7.65. The van der Waals surface area contributed by atoms with Gasteiger partial charge in [-0.2, -0.15) is 0 Å². The van der Waals surface area contributed by atoms with Gasteiger partial charge in [-0.05, 0) is 55.7 Å². The molecule has 3 amide bonds. The highest BCUT2D eigenvalue weighted by Crippen LogP contribution is 2.16. The Morgan fingerprint density at radius 1 is 0.750 bits per heavy atom. The maximum Gasteiger partial charge on any atom is 0.253 e. The summed E-state index contributed by atoms with van der Waals surface area (Å²) < 4.78 is 0. The van der Waals surface area contributed by atoms with Gasteiger partial charge >= 0.3 is 0 Å². The summed E-state index contributed by atoms with van der Waals surface area (Å²) in [6.45, 7) is 7.54. The van der Waals surface area contributed by atoms with Crippen LogP contribution in [0.15, 0.2) is 48.5 Å². The maximum absolute atomic E-state index is 12.8. The standard InChI is InChI=1S/C25H34N4O3/c1-4-9-23(30)27-22-13-8-11-20(17-22)26-18-24(31)28-21-12-7-10-19(16-21)25(32)29(14-5-2)15-6-3/h7-8,10-13,16-17,26H,4-6,9,14-15,18H2,1-3H3,(H,27,30)(H,28,31). The minimum atomic E-state index is -0.228. The van der Waals surface area contributed by atoms with Crippen molar-refractivity contribution < 1.29 is 14.4 Å². The molecule has 0 aliphatic rings. The fraction of sp³-hybridized carbons (Fsp3) is 0.400. The lowest BCUT2D eigenvalue weighted by atomic mass is 10.1. The summed E-state index contributed by atoms with van der Waals surface area (Å²) in [5.41, 5.74) is 2.56. The van der Waals surface area contributed by atoms with Crippen molar-refractivity contribution in [3.05, 3.63) is 54.1 Å². The van der Waals surface area contributed by atoms with Crippen LogP contribution in [0.1, 0.15) is 56.8 Å². The molecule has 0 saturated carbocycles. The Kier molecular flexibility index (Phi) is 10.2. The van der Waals surface area contributed by atoms with Crippen LogP contribution in [0.4, 0.5) is 17.1 Å². The first-order chi connectivity index (χ1) is 15.5. The molecule has 0 unspecified atom stereocenters. The van der Waals surface area contributed by atoms with Crippen molar-refractivity contribution in [2.45, 2.75) is 46.5 Å². The van der Waals surface area contributed by atoms with Gasteiger partial charge in [0, 0.05) is 42.1 Å². The fourth-order valence-electron chi connectivity index (χ4n) is 3.31. The molecule has 0 bridgehead atoms. The van der Waals surface area contributed by atoms with Crippen LogP contribution < -0.4 is 16.0 Å². The second-order valence-electron chi connectivity index (χ2n) is 7.65. The Hall–Kier alpha value is -3.35. The van der Waals surface area contributed by atoms with Gasteiger partial charge < -0.3 is 20.9 Å². The van der Waals surface area contributed by atoms with E-state index in [1.165, 1.54) is 0 Å². The van der Waals surface area contributed by atoms with E-state index in [1.54, 1.807) is 30.3 Å². The van der Waals surface area contributed by atoms with Crippen LogP contribution in [0, 0.1) is 0 Å². The number of carbonyl (C=O) groups excluding carboxylic acids is 3. The number of carbonyl (C=O) groups is 3. The molecular weight excluding hydrogens is 404 g/mol. The average molecular weight is 439 g/mol. The van der Waals surface area contributed by atoms with Gasteiger partial charge in [-0.25, -0.2) is 0 Å². The highest BCUT2D eigenvalue weighted by Gasteiger charge is 2.15. The van der Waals surface area contributed by atoms with Crippen molar-refractivity contribution in [3.8, 4) is 0 Å². The SMILES string of the molecule is CCCC(=O)Nc1cccc(NCC(=O)Nc2cccc(C(=O)N(CCC)CCC)c2)c1. The second kappa shape index (κ2) is 13.1. The van der Waals surface area contributed by atoms with E-state index in [0.717, 1.165) is 24.9 Å². The molecule has 7 nitrogen and oxygen atoms in total. The highest BCUT2D eigenvalue weighted by molar-refractivity contribution is 5.98. The van der Waals surface area contributed by atoms with E-state index < -0.39 is 0 Å². The first-order valence-electron chi connectivity index (χ1n) is 11.3. The smallest absolute Gasteiger partial charge is 0.253 e. The monoisotopic (exact) mass is 438 g/mol.